The number of hydrogen-bond acceptors (Lipinski definition) is 4. The predicted molar refractivity (Wildman–Crippen MR) is 117 cm³/mol. The van der Waals surface area contributed by atoms with E-state index in [1.165, 1.54) is 0 Å². The zero-order valence-corrected chi connectivity index (χ0v) is 16.8. The number of ether oxygens (including phenoxy) is 3. The fourth-order valence-electron chi connectivity index (χ4n) is 4.05. The topological polar surface area (TPSA) is 40.6 Å². The Kier molecular flexibility index (Phi) is 4.60. The highest BCUT2D eigenvalue weighted by molar-refractivity contribution is 5.74. The number of nitrogens with zero attached hydrogens (tertiary/aromatic N) is 1. The monoisotopic (exact) mass is 395 g/mol. The van der Waals surface area contributed by atoms with Gasteiger partial charge in [-0.1, -0.05) is 42.5 Å². The molecule has 0 amide bonds. The molecule has 1 atom stereocenters. The Morgan fingerprint density at radius 2 is 1.43 bits per heavy atom. The average molecular weight is 395 g/mol. The third-order valence-corrected chi connectivity index (χ3v) is 5.53. The van der Waals surface area contributed by atoms with E-state index in [9.17, 15) is 0 Å². The van der Waals surface area contributed by atoms with Crippen molar-refractivity contribution < 1.29 is 14.2 Å². The Labute approximate surface area is 175 Å². The van der Waals surface area contributed by atoms with Crippen LogP contribution < -0.4 is 14.2 Å². The van der Waals surface area contributed by atoms with Gasteiger partial charge in [0.15, 0.2) is 0 Å². The molecule has 4 nitrogen and oxygen atoms in total. The normalized spacial score (nSPS) is 14.3. The van der Waals surface area contributed by atoms with Gasteiger partial charge in [0, 0.05) is 23.2 Å². The summed E-state index contributed by atoms with van der Waals surface area (Å²) < 4.78 is 16.9. The second-order valence-electron chi connectivity index (χ2n) is 7.15. The summed E-state index contributed by atoms with van der Waals surface area (Å²) in [7, 11) is 3.35. The van der Waals surface area contributed by atoms with Crippen molar-refractivity contribution in [2.75, 3.05) is 14.2 Å². The molecule has 30 heavy (non-hydrogen) atoms. The van der Waals surface area contributed by atoms with Gasteiger partial charge in [-0.25, -0.2) is 4.98 Å². The van der Waals surface area contributed by atoms with Crippen molar-refractivity contribution in [2.24, 2.45) is 0 Å². The number of rotatable bonds is 4. The Hall–Kier alpha value is -3.79. The van der Waals surface area contributed by atoms with E-state index in [4.69, 9.17) is 14.2 Å². The van der Waals surface area contributed by atoms with Crippen molar-refractivity contribution in [1.82, 2.24) is 4.98 Å². The second-order valence-corrected chi connectivity index (χ2v) is 7.15. The minimum absolute atomic E-state index is 0.00153. The first kappa shape index (κ1) is 18.3. The molecule has 1 aromatic heterocycles. The molecule has 0 fully saturated rings. The maximum Gasteiger partial charge on any atom is 0.224 e. The molecule has 1 aliphatic rings. The molecular weight excluding hydrogens is 374 g/mol. The molecule has 0 spiro atoms. The lowest BCUT2D eigenvalue weighted by Gasteiger charge is -2.30. The van der Waals surface area contributed by atoms with E-state index in [0.29, 0.717) is 5.88 Å². The van der Waals surface area contributed by atoms with E-state index in [1.807, 2.05) is 42.5 Å². The van der Waals surface area contributed by atoms with Gasteiger partial charge in [0.1, 0.15) is 17.2 Å². The van der Waals surface area contributed by atoms with Crippen LogP contribution in [0.2, 0.25) is 0 Å². The van der Waals surface area contributed by atoms with Crippen molar-refractivity contribution in [1.29, 1.82) is 0 Å². The number of fused-ring (bicyclic) bond motifs is 2. The minimum atomic E-state index is 0.00153. The van der Waals surface area contributed by atoms with Gasteiger partial charge in [0.25, 0.3) is 0 Å². The molecule has 0 N–H and O–H groups in total. The lowest BCUT2D eigenvalue weighted by Crippen LogP contribution is -2.14. The largest absolute Gasteiger partial charge is 0.497 e. The van der Waals surface area contributed by atoms with E-state index in [1.54, 1.807) is 20.4 Å². The van der Waals surface area contributed by atoms with E-state index in [2.05, 4.69) is 41.4 Å². The Balaban J connectivity index is 1.72. The second kappa shape index (κ2) is 7.56. The van der Waals surface area contributed by atoms with E-state index < -0.39 is 0 Å². The third-order valence-electron chi connectivity index (χ3n) is 5.53. The SMILES string of the molecule is COc1ccc(-c2ccnc3c2C(c2ccc(OC)cc2)c2ccccc2O3)cc1. The lowest BCUT2D eigenvalue weighted by atomic mass is 9.80. The van der Waals surface area contributed by atoms with Gasteiger partial charge < -0.3 is 14.2 Å². The van der Waals surface area contributed by atoms with Gasteiger partial charge in [-0.15, -0.1) is 0 Å². The first-order chi connectivity index (χ1) is 14.8. The summed E-state index contributed by atoms with van der Waals surface area (Å²) in [6.45, 7) is 0. The zero-order valence-electron chi connectivity index (χ0n) is 16.8. The highest BCUT2D eigenvalue weighted by Gasteiger charge is 2.32. The number of pyridine rings is 1. The number of methoxy groups -OCH3 is 2. The van der Waals surface area contributed by atoms with Crippen LogP contribution in [0.5, 0.6) is 23.1 Å². The van der Waals surface area contributed by atoms with Crippen LogP contribution in [0.3, 0.4) is 0 Å². The fraction of sp³-hybridized carbons (Fsp3) is 0.115. The van der Waals surface area contributed by atoms with Crippen LogP contribution in [0.4, 0.5) is 0 Å². The number of benzene rings is 3. The summed E-state index contributed by atoms with van der Waals surface area (Å²) in [5.74, 6) is 3.14. The molecule has 2 heterocycles. The lowest BCUT2D eigenvalue weighted by molar-refractivity contribution is 0.414. The van der Waals surface area contributed by atoms with Crippen LogP contribution >= 0.6 is 0 Å². The number of hydrogen-bond donors (Lipinski definition) is 0. The molecule has 5 rings (SSSR count). The molecule has 0 aliphatic carbocycles. The van der Waals surface area contributed by atoms with Crippen molar-refractivity contribution in [3.05, 3.63) is 102 Å². The van der Waals surface area contributed by atoms with Crippen LogP contribution in [0.25, 0.3) is 11.1 Å². The Morgan fingerprint density at radius 3 is 2.13 bits per heavy atom. The predicted octanol–water partition coefficient (Wildman–Crippen LogP) is 6.05. The van der Waals surface area contributed by atoms with Crippen LogP contribution in [-0.4, -0.2) is 19.2 Å². The number of aromatic nitrogens is 1. The van der Waals surface area contributed by atoms with Crippen LogP contribution in [0, 0.1) is 0 Å². The molecule has 3 aromatic carbocycles. The number of para-hydroxylation sites is 1. The highest BCUT2D eigenvalue weighted by atomic mass is 16.5. The third kappa shape index (κ3) is 3.07. The molecule has 0 saturated heterocycles. The quantitative estimate of drug-likeness (QED) is 0.371. The molecule has 0 bridgehead atoms. The molecule has 148 valence electrons. The van der Waals surface area contributed by atoms with Crippen molar-refractivity contribution in [3.63, 3.8) is 0 Å². The maximum atomic E-state index is 6.22. The summed E-state index contributed by atoms with van der Waals surface area (Å²) >= 11 is 0. The molecule has 4 heteroatoms. The van der Waals surface area contributed by atoms with Gasteiger partial charge in [-0.3, -0.25) is 0 Å². The summed E-state index contributed by atoms with van der Waals surface area (Å²) in [6, 6.07) is 26.5. The standard InChI is InChI=1S/C26H21NO3/c1-28-19-11-7-17(8-12-19)21-15-16-27-26-25(21)24(18-9-13-20(29-2)14-10-18)22-5-3-4-6-23(22)30-26/h3-16,24H,1-2H3. The van der Waals surface area contributed by atoms with Crippen LogP contribution in [0.1, 0.15) is 22.6 Å². The van der Waals surface area contributed by atoms with Crippen molar-refractivity contribution in [2.45, 2.75) is 5.92 Å². The van der Waals surface area contributed by atoms with E-state index in [-0.39, 0.29) is 5.92 Å². The molecule has 0 saturated carbocycles. The zero-order chi connectivity index (χ0) is 20.5. The fourth-order valence-corrected chi connectivity index (χ4v) is 4.05. The molecular formula is C26H21NO3. The first-order valence-electron chi connectivity index (χ1n) is 9.82. The van der Waals surface area contributed by atoms with Crippen LogP contribution in [0.15, 0.2) is 85.1 Å². The molecule has 4 aromatic rings. The van der Waals surface area contributed by atoms with E-state index in [0.717, 1.165) is 45.1 Å². The summed E-state index contributed by atoms with van der Waals surface area (Å²) in [6.07, 6.45) is 1.80. The van der Waals surface area contributed by atoms with Gasteiger partial charge in [-0.2, -0.15) is 0 Å². The van der Waals surface area contributed by atoms with Gasteiger partial charge in [0.05, 0.1) is 14.2 Å². The molecule has 0 radical (unpaired) electrons. The van der Waals surface area contributed by atoms with Gasteiger partial charge in [0.2, 0.25) is 5.88 Å². The van der Waals surface area contributed by atoms with Crippen molar-refractivity contribution >= 4 is 0 Å². The van der Waals surface area contributed by atoms with E-state index >= 15 is 0 Å². The highest BCUT2D eigenvalue weighted by Crippen LogP contribution is 2.49. The summed E-state index contributed by atoms with van der Waals surface area (Å²) in [5, 5.41) is 0. The maximum absolute atomic E-state index is 6.22. The van der Waals surface area contributed by atoms with Crippen molar-refractivity contribution in [3.8, 4) is 34.3 Å². The van der Waals surface area contributed by atoms with Crippen LogP contribution in [-0.2, 0) is 0 Å². The van der Waals surface area contributed by atoms with Gasteiger partial charge >= 0.3 is 0 Å². The average Bonchev–Trinajstić information content (AvgIpc) is 2.82. The smallest absolute Gasteiger partial charge is 0.224 e. The minimum Gasteiger partial charge on any atom is -0.497 e. The Bertz CT molecular complexity index is 1180. The molecule has 1 aliphatic heterocycles. The Morgan fingerprint density at radius 1 is 0.767 bits per heavy atom. The molecule has 1 unspecified atom stereocenters. The first-order valence-corrected chi connectivity index (χ1v) is 9.82. The summed E-state index contributed by atoms with van der Waals surface area (Å²) in [5.41, 5.74) is 5.54. The summed E-state index contributed by atoms with van der Waals surface area (Å²) in [4.78, 5) is 4.58. The van der Waals surface area contributed by atoms with Gasteiger partial charge in [-0.05, 0) is 53.1 Å².